The monoisotopic (exact) mass is 270 g/mol. The third-order valence-corrected chi connectivity index (χ3v) is 3.73. The van der Waals surface area contributed by atoms with Gasteiger partial charge >= 0.3 is 0 Å². The van der Waals surface area contributed by atoms with Gasteiger partial charge in [-0.15, -0.1) is 0 Å². The lowest BCUT2D eigenvalue weighted by Gasteiger charge is -2.26. The first-order valence-corrected chi connectivity index (χ1v) is 6.83. The van der Waals surface area contributed by atoms with E-state index in [-0.39, 0.29) is 11.9 Å². The molecule has 1 amide bonds. The fraction of sp³-hybridized carbons (Fsp3) is 0.333. The van der Waals surface area contributed by atoms with Gasteiger partial charge in [-0.1, -0.05) is 18.2 Å². The van der Waals surface area contributed by atoms with Crippen molar-refractivity contribution in [2.45, 2.75) is 25.4 Å². The van der Waals surface area contributed by atoms with E-state index in [0.717, 1.165) is 24.2 Å². The van der Waals surface area contributed by atoms with E-state index in [2.05, 4.69) is 21.8 Å². The topological polar surface area (TPSA) is 59.0 Å². The van der Waals surface area contributed by atoms with Crippen LogP contribution < -0.4 is 10.6 Å². The summed E-state index contributed by atoms with van der Waals surface area (Å²) in [5, 5.41) is 10.4. The van der Waals surface area contributed by atoms with Crippen LogP contribution in [0.2, 0.25) is 0 Å². The molecule has 3 rings (SSSR count). The van der Waals surface area contributed by atoms with Crippen LogP contribution in [-0.4, -0.2) is 21.7 Å². The minimum atomic E-state index is -0.155. The normalized spacial score (nSPS) is 17.1. The van der Waals surface area contributed by atoms with Gasteiger partial charge in [0.05, 0.1) is 12.2 Å². The highest BCUT2D eigenvalue weighted by Crippen LogP contribution is 2.24. The van der Waals surface area contributed by atoms with Crippen LogP contribution in [0.15, 0.2) is 36.5 Å². The van der Waals surface area contributed by atoms with Gasteiger partial charge in [-0.05, 0) is 30.5 Å². The molecule has 0 saturated carbocycles. The molecule has 2 aromatic rings. The van der Waals surface area contributed by atoms with Crippen molar-refractivity contribution in [2.75, 3.05) is 5.32 Å². The van der Waals surface area contributed by atoms with Crippen LogP contribution in [0.5, 0.6) is 0 Å². The molecule has 2 N–H and O–H groups in total. The zero-order valence-corrected chi connectivity index (χ0v) is 11.5. The first-order chi connectivity index (χ1) is 9.74. The summed E-state index contributed by atoms with van der Waals surface area (Å²) in [5.41, 5.74) is 3.34. The van der Waals surface area contributed by atoms with Gasteiger partial charge in [-0.2, -0.15) is 5.10 Å². The van der Waals surface area contributed by atoms with Crippen LogP contribution in [0.25, 0.3) is 0 Å². The highest BCUT2D eigenvalue weighted by atomic mass is 16.2. The summed E-state index contributed by atoms with van der Waals surface area (Å²) in [4.78, 5) is 12.2. The van der Waals surface area contributed by atoms with Crippen molar-refractivity contribution in [1.82, 2.24) is 15.1 Å². The number of carbonyl (C=O) groups is 1. The number of anilines is 1. The van der Waals surface area contributed by atoms with E-state index >= 15 is 0 Å². The highest BCUT2D eigenvalue weighted by Gasteiger charge is 2.23. The van der Waals surface area contributed by atoms with Crippen LogP contribution in [0, 0.1) is 0 Å². The van der Waals surface area contributed by atoms with Gasteiger partial charge in [0, 0.05) is 18.9 Å². The fourth-order valence-electron chi connectivity index (χ4n) is 2.51. The lowest BCUT2D eigenvalue weighted by Crippen LogP contribution is -2.41. The minimum Gasteiger partial charge on any atom is -0.373 e. The average Bonchev–Trinajstić information content (AvgIpc) is 2.89. The maximum Gasteiger partial charge on any atom is 0.242 e. The second-order valence-corrected chi connectivity index (χ2v) is 5.06. The number of benzene rings is 1. The van der Waals surface area contributed by atoms with Crippen molar-refractivity contribution >= 4 is 11.6 Å². The molecule has 0 aliphatic carbocycles. The number of amides is 1. The SMILES string of the molecule is Cn1nccc1CNC(=O)C1CCc2ccccc2N1. The quantitative estimate of drug-likeness (QED) is 0.888. The third-order valence-electron chi connectivity index (χ3n) is 3.73. The first-order valence-electron chi connectivity index (χ1n) is 6.83. The zero-order chi connectivity index (χ0) is 13.9. The summed E-state index contributed by atoms with van der Waals surface area (Å²) >= 11 is 0. The van der Waals surface area contributed by atoms with Crippen LogP contribution in [0.1, 0.15) is 17.7 Å². The summed E-state index contributed by atoms with van der Waals surface area (Å²) in [7, 11) is 1.87. The van der Waals surface area contributed by atoms with Crippen LogP contribution in [0.3, 0.4) is 0 Å². The number of hydrogen-bond donors (Lipinski definition) is 2. The van der Waals surface area contributed by atoms with E-state index in [1.165, 1.54) is 5.56 Å². The molecule has 1 aliphatic heterocycles. The molecule has 1 aromatic carbocycles. The number of hydrogen-bond acceptors (Lipinski definition) is 3. The molecule has 104 valence electrons. The van der Waals surface area contributed by atoms with Gasteiger partial charge in [0.1, 0.15) is 6.04 Å². The van der Waals surface area contributed by atoms with Crippen LogP contribution in [-0.2, 0) is 24.8 Å². The maximum atomic E-state index is 12.2. The third kappa shape index (κ3) is 2.52. The Balaban J connectivity index is 1.60. The van der Waals surface area contributed by atoms with Crippen molar-refractivity contribution in [1.29, 1.82) is 0 Å². The molecule has 2 heterocycles. The van der Waals surface area contributed by atoms with Crippen molar-refractivity contribution in [3.8, 4) is 0 Å². The Bertz CT molecular complexity index is 620. The Morgan fingerprint density at radius 1 is 1.45 bits per heavy atom. The second-order valence-electron chi connectivity index (χ2n) is 5.06. The molecule has 1 aliphatic rings. The average molecular weight is 270 g/mol. The van der Waals surface area contributed by atoms with Crippen molar-refractivity contribution in [3.05, 3.63) is 47.8 Å². The Hall–Kier alpha value is -2.30. The summed E-state index contributed by atoms with van der Waals surface area (Å²) in [6.07, 6.45) is 3.50. The number of para-hydroxylation sites is 1. The van der Waals surface area contributed by atoms with Crippen LogP contribution in [0.4, 0.5) is 5.69 Å². The van der Waals surface area contributed by atoms with Gasteiger partial charge in [-0.3, -0.25) is 9.48 Å². The van der Waals surface area contributed by atoms with Gasteiger partial charge in [-0.25, -0.2) is 0 Å². The molecule has 0 radical (unpaired) electrons. The molecular formula is C15H18N4O. The first kappa shape index (κ1) is 12.7. The molecule has 20 heavy (non-hydrogen) atoms. The van der Waals surface area contributed by atoms with Gasteiger partial charge in [0.15, 0.2) is 0 Å². The number of aromatic nitrogens is 2. The minimum absolute atomic E-state index is 0.0423. The van der Waals surface area contributed by atoms with E-state index in [1.54, 1.807) is 10.9 Å². The smallest absolute Gasteiger partial charge is 0.242 e. The van der Waals surface area contributed by atoms with E-state index < -0.39 is 0 Å². The predicted octanol–water partition coefficient (Wildman–Crippen LogP) is 1.46. The summed E-state index contributed by atoms with van der Waals surface area (Å²) in [5.74, 6) is 0.0423. The molecule has 1 aromatic heterocycles. The number of carbonyl (C=O) groups excluding carboxylic acids is 1. The summed E-state index contributed by atoms with van der Waals surface area (Å²) in [6.45, 7) is 0.509. The van der Waals surface area contributed by atoms with Gasteiger partial charge in [0.25, 0.3) is 0 Å². The Labute approximate surface area is 118 Å². The molecule has 0 bridgehead atoms. The fourth-order valence-corrected chi connectivity index (χ4v) is 2.51. The number of fused-ring (bicyclic) bond motifs is 1. The Kier molecular flexibility index (Phi) is 3.41. The molecule has 5 nitrogen and oxygen atoms in total. The predicted molar refractivity (Wildman–Crippen MR) is 77.2 cm³/mol. The van der Waals surface area contributed by atoms with E-state index in [1.807, 2.05) is 31.3 Å². The van der Waals surface area contributed by atoms with Crippen LogP contribution >= 0.6 is 0 Å². The highest BCUT2D eigenvalue weighted by molar-refractivity contribution is 5.85. The maximum absolute atomic E-state index is 12.2. The van der Waals surface area contributed by atoms with E-state index in [4.69, 9.17) is 0 Å². The number of nitrogens with one attached hydrogen (secondary N) is 2. The van der Waals surface area contributed by atoms with Crippen molar-refractivity contribution in [3.63, 3.8) is 0 Å². The molecule has 0 saturated heterocycles. The lowest BCUT2D eigenvalue weighted by atomic mass is 9.98. The summed E-state index contributed by atoms with van der Waals surface area (Å²) in [6, 6.07) is 9.90. The second kappa shape index (κ2) is 5.36. The van der Waals surface area contributed by atoms with Gasteiger partial charge < -0.3 is 10.6 Å². The van der Waals surface area contributed by atoms with Crippen molar-refractivity contribution < 1.29 is 4.79 Å². The van der Waals surface area contributed by atoms with E-state index in [0.29, 0.717) is 6.54 Å². The molecular weight excluding hydrogens is 252 g/mol. The summed E-state index contributed by atoms with van der Waals surface area (Å²) < 4.78 is 1.77. The van der Waals surface area contributed by atoms with Gasteiger partial charge in [0.2, 0.25) is 5.91 Å². The largest absolute Gasteiger partial charge is 0.373 e. The number of aryl methyl sites for hydroxylation is 2. The molecule has 0 spiro atoms. The Morgan fingerprint density at radius 2 is 2.30 bits per heavy atom. The lowest BCUT2D eigenvalue weighted by molar-refractivity contribution is -0.122. The number of rotatable bonds is 3. The number of nitrogens with zero attached hydrogens (tertiary/aromatic N) is 2. The van der Waals surface area contributed by atoms with Crippen molar-refractivity contribution in [2.24, 2.45) is 7.05 Å². The zero-order valence-electron chi connectivity index (χ0n) is 11.5. The molecule has 1 atom stereocenters. The molecule has 0 fully saturated rings. The standard InChI is InChI=1S/C15H18N4O/c1-19-12(8-9-17-19)10-16-15(20)14-7-6-11-4-2-3-5-13(11)18-14/h2-5,8-9,14,18H,6-7,10H2,1H3,(H,16,20). The molecule has 1 unspecified atom stereocenters. The van der Waals surface area contributed by atoms with E-state index in [9.17, 15) is 4.79 Å². The Morgan fingerprint density at radius 3 is 3.10 bits per heavy atom. The molecule has 5 heteroatoms.